The number of amides is 2. The molecule has 68 heavy (non-hydrogen) atoms. The van der Waals surface area contributed by atoms with Crippen LogP contribution in [-0.4, -0.2) is 81.0 Å². The van der Waals surface area contributed by atoms with Crippen molar-refractivity contribution in [3.63, 3.8) is 0 Å². The highest BCUT2D eigenvalue weighted by molar-refractivity contribution is 6.01. The van der Waals surface area contributed by atoms with Crippen molar-refractivity contribution in [2.45, 2.75) is 103 Å². The average molecular weight is 931 g/mol. The molecule has 0 aliphatic heterocycles. The Hall–Kier alpha value is -6.70. The Morgan fingerprint density at radius 3 is 1.12 bits per heavy atom. The molecule has 360 valence electrons. The second kappa shape index (κ2) is 23.3. The number of rotatable bonds is 22. The van der Waals surface area contributed by atoms with Gasteiger partial charge in [-0.05, 0) is 98.2 Å². The number of hydrogen-bond donors (Lipinski definition) is 2. The van der Waals surface area contributed by atoms with Gasteiger partial charge < -0.3 is 39.0 Å². The van der Waals surface area contributed by atoms with Crippen molar-refractivity contribution in [1.82, 2.24) is 9.80 Å². The van der Waals surface area contributed by atoms with Crippen molar-refractivity contribution >= 4 is 35.7 Å². The molecule has 6 unspecified atom stereocenters. The molecule has 3 saturated carbocycles. The van der Waals surface area contributed by atoms with E-state index in [0.29, 0.717) is 61.5 Å². The smallest absolute Gasteiger partial charge is 0.345 e. The lowest BCUT2D eigenvalue weighted by atomic mass is 9.55. The predicted molar refractivity (Wildman–Crippen MR) is 250 cm³/mol. The molecule has 2 N–H and O–H groups in total. The van der Waals surface area contributed by atoms with E-state index in [-0.39, 0.29) is 26.2 Å². The Morgan fingerprint density at radius 2 is 0.809 bits per heavy atom. The first-order valence-corrected chi connectivity index (χ1v) is 24.0. The quantitative estimate of drug-likeness (QED) is 0.0713. The number of aliphatic carboxylic acids is 2. The van der Waals surface area contributed by atoms with E-state index < -0.39 is 83.4 Å². The standard InChI is InChI=1S/C54H62N2O12/c1-3-31-55(33-35-23-27-41(28-24-35)65-39-19-7-5-8-20-39)49(57)43-44(50(58)56(32-4-2)34-36-25-29-42(30-26-36)66-40-21-9-6-10-22-40)46(54(64)68-48(52(61)62)38-17-13-14-18-38)45(43)53(63)67-47(51(59)60)37-15-11-12-16-37/h5-10,19-30,37-38,43-48H,3-4,11-18,31-34H2,1-2H3,(H,59,60)(H,61,62). The topological polar surface area (TPSA) is 186 Å². The van der Waals surface area contributed by atoms with E-state index in [0.717, 1.165) is 36.8 Å². The van der Waals surface area contributed by atoms with Crippen LogP contribution in [0.3, 0.4) is 0 Å². The monoisotopic (exact) mass is 930 g/mol. The van der Waals surface area contributed by atoms with E-state index in [1.165, 1.54) is 0 Å². The summed E-state index contributed by atoms with van der Waals surface area (Å²) in [5.41, 5.74) is 1.45. The molecule has 0 spiro atoms. The first kappa shape index (κ1) is 49.2. The summed E-state index contributed by atoms with van der Waals surface area (Å²) in [6.07, 6.45) is 2.95. The Labute approximate surface area is 397 Å². The zero-order valence-electron chi connectivity index (χ0n) is 38.8. The van der Waals surface area contributed by atoms with E-state index in [9.17, 15) is 29.4 Å². The van der Waals surface area contributed by atoms with Crippen molar-refractivity contribution in [1.29, 1.82) is 0 Å². The van der Waals surface area contributed by atoms with Gasteiger partial charge in [0.05, 0.1) is 23.7 Å². The lowest BCUT2D eigenvalue weighted by molar-refractivity contribution is -0.201. The van der Waals surface area contributed by atoms with Gasteiger partial charge in [0.2, 0.25) is 24.0 Å². The van der Waals surface area contributed by atoms with Gasteiger partial charge in [0.1, 0.15) is 23.0 Å². The zero-order valence-corrected chi connectivity index (χ0v) is 38.8. The van der Waals surface area contributed by atoms with Gasteiger partial charge in [-0.25, -0.2) is 9.59 Å². The minimum Gasteiger partial charge on any atom is -0.478 e. The summed E-state index contributed by atoms with van der Waals surface area (Å²) >= 11 is 0. The SMILES string of the molecule is CCCN(Cc1ccc(Oc2ccccc2)cc1)C(=O)C1C(C(=O)OC(C(=O)O)C2CCCC2)C(C(=O)OC(C(=O)O)C2CCCC2)C1C(=O)N(CCC)Cc1ccc(Oc2ccccc2)cc1. The fourth-order valence-corrected chi connectivity index (χ4v) is 10.1. The van der Waals surface area contributed by atoms with Gasteiger partial charge >= 0.3 is 23.9 Å². The number of ether oxygens (including phenoxy) is 4. The molecule has 14 nitrogen and oxygen atoms in total. The molecule has 3 fully saturated rings. The van der Waals surface area contributed by atoms with Crippen LogP contribution in [0.2, 0.25) is 0 Å². The zero-order chi connectivity index (χ0) is 48.2. The van der Waals surface area contributed by atoms with Gasteiger partial charge in [-0.2, -0.15) is 0 Å². The molecule has 0 aromatic heterocycles. The number of carbonyl (C=O) groups is 6. The van der Waals surface area contributed by atoms with E-state index >= 15 is 9.59 Å². The van der Waals surface area contributed by atoms with Crippen LogP contribution in [0.1, 0.15) is 89.2 Å². The molecule has 0 radical (unpaired) electrons. The second-order valence-electron chi connectivity index (χ2n) is 18.2. The van der Waals surface area contributed by atoms with E-state index in [2.05, 4.69) is 0 Å². The van der Waals surface area contributed by atoms with Crippen LogP contribution >= 0.6 is 0 Å². The maximum atomic E-state index is 15.3. The largest absolute Gasteiger partial charge is 0.478 e. The summed E-state index contributed by atoms with van der Waals surface area (Å²) in [7, 11) is 0. The maximum absolute atomic E-state index is 15.3. The molecule has 6 atom stereocenters. The van der Waals surface area contributed by atoms with E-state index in [1.54, 1.807) is 34.1 Å². The Balaban J connectivity index is 1.24. The molecular formula is C54H62N2O12. The highest BCUT2D eigenvalue weighted by atomic mass is 16.6. The van der Waals surface area contributed by atoms with Gasteiger partial charge in [-0.3, -0.25) is 19.2 Å². The normalized spacial score (nSPS) is 20.0. The molecule has 4 aromatic carbocycles. The van der Waals surface area contributed by atoms with Crippen LogP contribution < -0.4 is 9.47 Å². The summed E-state index contributed by atoms with van der Waals surface area (Å²) < 4.78 is 23.6. The van der Waals surface area contributed by atoms with Gasteiger partial charge in [-0.15, -0.1) is 0 Å². The minimum absolute atomic E-state index is 0.0747. The predicted octanol–water partition coefficient (Wildman–Crippen LogP) is 9.30. The highest BCUT2D eigenvalue weighted by Gasteiger charge is 2.66. The minimum atomic E-state index is -1.65. The lowest BCUT2D eigenvalue weighted by Gasteiger charge is -2.50. The van der Waals surface area contributed by atoms with Crippen molar-refractivity contribution in [3.8, 4) is 23.0 Å². The van der Waals surface area contributed by atoms with Crippen molar-refractivity contribution in [2.24, 2.45) is 35.5 Å². The summed E-state index contributed by atoms with van der Waals surface area (Å²) in [6, 6.07) is 32.9. The molecule has 3 aliphatic carbocycles. The number of carbonyl (C=O) groups excluding carboxylic acids is 4. The van der Waals surface area contributed by atoms with Crippen LogP contribution in [0.25, 0.3) is 0 Å². The van der Waals surface area contributed by atoms with Crippen LogP contribution in [0.15, 0.2) is 109 Å². The summed E-state index contributed by atoms with van der Waals surface area (Å²) in [4.78, 5) is 88.6. The molecule has 0 bridgehead atoms. The molecular weight excluding hydrogens is 869 g/mol. The van der Waals surface area contributed by atoms with Crippen LogP contribution in [0.4, 0.5) is 0 Å². The molecule has 7 rings (SSSR count). The molecule has 2 amide bonds. The summed E-state index contributed by atoms with van der Waals surface area (Å²) in [5, 5.41) is 20.7. The second-order valence-corrected chi connectivity index (χ2v) is 18.2. The molecule has 0 heterocycles. The van der Waals surface area contributed by atoms with Gasteiger partial charge in [-0.1, -0.05) is 100 Å². The van der Waals surface area contributed by atoms with Gasteiger partial charge in [0.15, 0.2) is 0 Å². The van der Waals surface area contributed by atoms with Crippen LogP contribution in [-0.2, 0) is 51.3 Å². The number of nitrogens with zero attached hydrogens (tertiary/aromatic N) is 2. The third-order valence-electron chi connectivity index (χ3n) is 13.5. The summed E-state index contributed by atoms with van der Waals surface area (Å²) in [6.45, 7) is 4.36. The van der Waals surface area contributed by atoms with Gasteiger partial charge in [0, 0.05) is 38.0 Å². The van der Waals surface area contributed by atoms with E-state index in [1.807, 2.05) is 98.8 Å². The van der Waals surface area contributed by atoms with Crippen molar-refractivity contribution in [3.05, 3.63) is 120 Å². The Bertz CT molecular complexity index is 2160. The fourth-order valence-electron chi connectivity index (χ4n) is 10.1. The Kier molecular flexibility index (Phi) is 16.9. The third-order valence-corrected chi connectivity index (χ3v) is 13.5. The lowest BCUT2D eigenvalue weighted by Crippen LogP contribution is -2.65. The number of carboxylic acid groups (broad SMARTS) is 2. The first-order valence-electron chi connectivity index (χ1n) is 24.0. The number of benzene rings is 4. The highest BCUT2D eigenvalue weighted by Crippen LogP contribution is 2.51. The summed E-state index contributed by atoms with van der Waals surface area (Å²) in [5.74, 6) is -10.9. The van der Waals surface area contributed by atoms with Gasteiger partial charge in [0.25, 0.3) is 0 Å². The Morgan fingerprint density at radius 1 is 0.485 bits per heavy atom. The number of para-hydroxylation sites is 2. The number of hydrogen-bond acceptors (Lipinski definition) is 10. The van der Waals surface area contributed by atoms with Crippen LogP contribution in [0, 0.1) is 35.5 Å². The molecule has 0 saturated heterocycles. The first-order chi connectivity index (χ1) is 32.9. The van der Waals surface area contributed by atoms with Crippen LogP contribution in [0.5, 0.6) is 23.0 Å². The molecule has 14 heteroatoms. The third kappa shape index (κ3) is 12.1. The van der Waals surface area contributed by atoms with Crippen molar-refractivity contribution in [2.75, 3.05) is 13.1 Å². The average Bonchev–Trinajstić information content (AvgIpc) is 4.07. The number of esters is 2. The number of carboxylic acids is 2. The molecule has 3 aliphatic rings. The molecule has 4 aromatic rings. The van der Waals surface area contributed by atoms with E-state index in [4.69, 9.17) is 18.9 Å². The van der Waals surface area contributed by atoms with Crippen molar-refractivity contribution < 1.29 is 57.9 Å². The fraction of sp³-hybridized carbons (Fsp3) is 0.444. The maximum Gasteiger partial charge on any atom is 0.345 e.